The highest BCUT2D eigenvalue weighted by Crippen LogP contribution is 2.31. The smallest absolute Gasteiger partial charge is 0.284 e. The summed E-state index contributed by atoms with van der Waals surface area (Å²) in [5.41, 5.74) is 11.0. The van der Waals surface area contributed by atoms with Gasteiger partial charge in [-0.15, -0.1) is 10.2 Å². The summed E-state index contributed by atoms with van der Waals surface area (Å²) in [6.07, 6.45) is 10.7. The van der Waals surface area contributed by atoms with Gasteiger partial charge in [-0.3, -0.25) is 19.3 Å². The van der Waals surface area contributed by atoms with Crippen LogP contribution in [0.4, 0.5) is 5.82 Å². The number of thioether (sulfide) groups is 1. The Bertz CT molecular complexity index is 2540. The van der Waals surface area contributed by atoms with Gasteiger partial charge in [0.1, 0.15) is 17.8 Å². The number of amides is 3. The van der Waals surface area contributed by atoms with E-state index >= 15 is 0 Å². The van der Waals surface area contributed by atoms with Gasteiger partial charge < -0.3 is 40.0 Å². The van der Waals surface area contributed by atoms with Crippen LogP contribution in [0.3, 0.4) is 0 Å². The molecule has 17 nitrogen and oxygen atoms in total. The number of imidazole rings is 1. The van der Waals surface area contributed by atoms with E-state index in [1.54, 1.807) is 42.6 Å². The molecule has 2 aromatic carbocycles. The largest absolute Gasteiger partial charge is 0.379 e. The van der Waals surface area contributed by atoms with E-state index in [0.717, 1.165) is 57.6 Å². The summed E-state index contributed by atoms with van der Waals surface area (Å²) in [5, 5.41) is 13.6. The number of aryl methyl sites for hydroxylation is 1. The molecule has 0 radical (unpaired) electrons. The van der Waals surface area contributed by atoms with Gasteiger partial charge in [0.25, 0.3) is 5.91 Å². The Morgan fingerprint density at radius 3 is 2.58 bits per heavy atom. The standard InChI is InChI=1S/C45H54ClN13O4S2/c1-31-27-35(59-19-15-48-30-59)8-5-33(31)28-64-44-54-53-41(65-44)42(61)55(2)24-26-63-25-11-38(60)57-22-20-56(21-23-57)16-10-37(32-3-6-34(46)7-4-32)52-43(62)45(47)12-17-58(18-13-45)40-36-9-14-49-39(36)50-29-51-40/h3-9,14-15,19,27,29-30,37H,10-13,16-18,20-26,28,47H2,1-2H3,(H,52,62)(H,49,50,51)/t37-/m0/s1. The van der Waals surface area contributed by atoms with Crippen molar-refractivity contribution in [2.75, 3.05) is 77.5 Å². The highest BCUT2D eigenvalue weighted by Gasteiger charge is 2.39. The summed E-state index contributed by atoms with van der Waals surface area (Å²) >= 11 is 9.07. The molecule has 0 unspecified atom stereocenters. The molecule has 342 valence electrons. The number of rotatable bonds is 18. The van der Waals surface area contributed by atoms with Gasteiger partial charge in [0.05, 0.1) is 42.9 Å². The quantitative estimate of drug-likeness (QED) is 0.0760. The number of benzene rings is 2. The lowest BCUT2D eigenvalue weighted by Crippen LogP contribution is -2.60. The van der Waals surface area contributed by atoms with Crippen LogP contribution < -0.4 is 16.0 Å². The van der Waals surface area contributed by atoms with Crippen molar-refractivity contribution < 1.29 is 19.1 Å². The number of fused-ring (bicyclic) bond motifs is 1. The first-order chi connectivity index (χ1) is 31.5. The zero-order chi connectivity index (χ0) is 45.3. The second-order valence-electron chi connectivity index (χ2n) is 16.5. The van der Waals surface area contributed by atoms with Gasteiger partial charge in [0.15, 0.2) is 4.34 Å². The molecule has 4 aromatic heterocycles. The van der Waals surface area contributed by atoms with Crippen LogP contribution in [0.2, 0.25) is 5.02 Å². The molecule has 2 aliphatic rings. The molecule has 2 saturated heterocycles. The lowest BCUT2D eigenvalue weighted by atomic mass is 9.87. The first-order valence-electron chi connectivity index (χ1n) is 21.8. The van der Waals surface area contributed by atoms with E-state index in [1.807, 2.05) is 52.2 Å². The first-order valence-corrected chi connectivity index (χ1v) is 24.0. The van der Waals surface area contributed by atoms with Crippen molar-refractivity contribution in [3.63, 3.8) is 0 Å². The molecule has 4 N–H and O–H groups in total. The van der Waals surface area contributed by atoms with Crippen molar-refractivity contribution in [2.24, 2.45) is 5.73 Å². The summed E-state index contributed by atoms with van der Waals surface area (Å²) in [7, 11) is 1.71. The number of nitrogens with one attached hydrogen (secondary N) is 2. The Morgan fingerprint density at radius 1 is 1.03 bits per heavy atom. The van der Waals surface area contributed by atoms with Crippen molar-refractivity contribution in [2.45, 2.75) is 54.3 Å². The molecule has 6 heterocycles. The molecule has 2 aliphatic heterocycles. The second kappa shape index (κ2) is 21.2. The minimum Gasteiger partial charge on any atom is -0.379 e. The molecular weight excluding hydrogens is 886 g/mol. The lowest BCUT2D eigenvalue weighted by molar-refractivity contribution is -0.134. The predicted octanol–water partition coefficient (Wildman–Crippen LogP) is 5.12. The van der Waals surface area contributed by atoms with Crippen LogP contribution in [0.15, 0.2) is 84.1 Å². The number of ether oxygens (including phenoxy) is 1. The molecule has 20 heteroatoms. The Hall–Kier alpha value is -5.44. The molecule has 1 atom stereocenters. The fraction of sp³-hybridized carbons (Fsp3) is 0.422. The van der Waals surface area contributed by atoms with E-state index in [1.165, 1.54) is 16.9 Å². The van der Waals surface area contributed by atoms with Gasteiger partial charge >= 0.3 is 0 Å². The average Bonchev–Trinajstić information content (AvgIpc) is 4.14. The van der Waals surface area contributed by atoms with Crippen molar-refractivity contribution in [3.8, 4) is 5.69 Å². The number of nitrogens with zero attached hydrogens (tertiary/aromatic N) is 10. The molecule has 6 aromatic rings. The van der Waals surface area contributed by atoms with Gasteiger partial charge in [-0.25, -0.2) is 15.0 Å². The van der Waals surface area contributed by atoms with Crippen molar-refractivity contribution in [3.05, 3.63) is 106 Å². The number of nitrogens with two attached hydrogens (primary N) is 1. The summed E-state index contributed by atoms with van der Waals surface area (Å²) < 4.78 is 8.49. The lowest BCUT2D eigenvalue weighted by Gasteiger charge is -2.39. The number of anilines is 1. The normalized spacial score (nSPS) is 15.9. The zero-order valence-corrected chi connectivity index (χ0v) is 39.0. The van der Waals surface area contributed by atoms with E-state index in [2.05, 4.69) is 70.4 Å². The third kappa shape index (κ3) is 11.5. The summed E-state index contributed by atoms with van der Waals surface area (Å²) in [6.45, 7) is 7.60. The molecule has 8 rings (SSSR count). The van der Waals surface area contributed by atoms with Crippen LogP contribution in [0, 0.1) is 6.92 Å². The van der Waals surface area contributed by atoms with Gasteiger partial charge in [-0.1, -0.05) is 52.9 Å². The zero-order valence-electron chi connectivity index (χ0n) is 36.6. The van der Waals surface area contributed by atoms with Crippen LogP contribution in [0.1, 0.15) is 58.2 Å². The van der Waals surface area contributed by atoms with Crippen LogP contribution in [0.5, 0.6) is 0 Å². The van der Waals surface area contributed by atoms with Gasteiger partial charge in [-0.2, -0.15) is 0 Å². The summed E-state index contributed by atoms with van der Waals surface area (Å²) in [5.74, 6) is 1.21. The highest BCUT2D eigenvalue weighted by atomic mass is 35.5. The molecule has 0 aliphatic carbocycles. The number of hydrogen-bond donors (Lipinski definition) is 3. The molecule has 2 fully saturated rings. The number of hydrogen-bond acceptors (Lipinski definition) is 14. The van der Waals surface area contributed by atoms with Crippen molar-refractivity contribution >= 4 is 69.3 Å². The molecule has 65 heavy (non-hydrogen) atoms. The van der Waals surface area contributed by atoms with E-state index in [4.69, 9.17) is 22.1 Å². The van der Waals surface area contributed by atoms with Crippen LogP contribution in [-0.2, 0) is 20.1 Å². The topological polar surface area (TPSA) is 197 Å². The average molecular weight is 941 g/mol. The van der Waals surface area contributed by atoms with E-state index in [-0.39, 0.29) is 36.8 Å². The maximum atomic E-state index is 13.9. The number of carbonyl (C=O) groups excluding carboxylic acids is 3. The van der Waals surface area contributed by atoms with Crippen molar-refractivity contribution in [1.82, 2.24) is 54.7 Å². The van der Waals surface area contributed by atoms with Gasteiger partial charge in [0.2, 0.25) is 16.8 Å². The monoisotopic (exact) mass is 939 g/mol. The third-order valence-corrected chi connectivity index (χ3v) is 14.6. The Kier molecular flexibility index (Phi) is 15.1. The third-order valence-electron chi connectivity index (χ3n) is 12.2. The number of carbonyl (C=O) groups is 3. The summed E-state index contributed by atoms with van der Waals surface area (Å²) in [6, 6.07) is 15.6. The predicted molar refractivity (Wildman–Crippen MR) is 252 cm³/mol. The minimum absolute atomic E-state index is 0.0418. The number of piperazine rings is 1. The van der Waals surface area contributed by atoms with Crippen molar-refractivity contribution in [1.29, 1.82) is 0 Å². The fourth-order valence-electron chi connectivity index (χ4n) is 8.10. The number of aromatic amines is 1. The molecule has 0 spiro atoms. The van der Waals surface area contributed by atoms with Gasteiger partial charge in [0, 0.05) is 94.5 Å². The minimum atomic E-state index is -1.02. The molecule has 0 bridgehead atoms. The molecule has 0 saturated carbocycles. The SMILES string of the molecule is Cc1cc(-n2ccnc2)ccc1CSc1nnc(C(=O)N(C)CCOCCC(=O)N2CCN(CC[C@H](NC(=O)C3(N)CCN(c4ncnc5[nH]ccc45)CC3)c3ccc(Cl)cc3)CC2)s1. The van der Waals surface area contributed by atoms with E-state index in [0.29, 0.717) is 74.4 Å². The Morgan fingerprint density at radius 2 is 1.83 bits per heavy atom. The number of likely N-dealkylation sites (N-methyl/N-ethyl adjacent to an activating group) is 1. The van der Waals surface area contributed by atoms with Crippen LogP contribution >= 0.6 is 34.7 Å². The van der Waals surface area contributed by atoms with E-state index < -0.39 is 5.54 Å². The number of H-pyrrole nitrogens is 1. The number of halogens is 1. The van der Waals surface area contributed by atoms with E-state index in [9.17, 15) is 14.4 Å². The van der Waals surface area contributed by atoms with Crippen LogP contribution in [-0.4, -0.2) is 145 Å². The number of aromatic nitrogens is 7. The highest BCUT2D eigenvalue weighted by molar-refractivity contribution is 8.00. The Labute approximate surface area is 391 Å². The molecule has 3 amide bonds. The van der Waals surface area contributed by atoms with Crippen LogP contribution in [0.25, 0.3) is 16.7 Å². The first kappa shape index (κ1) is 46.1. The Balaban J connectivity index is 0.728. The summed E-state index contributed by atoms with van der Waals surface area (Å²) in [4.78, 5) is 64.1. The number of piperidine rings is 1. The fourth-order valence-corrected chi connectivity index (χ4v) is 10.2. The maximum absolute atomic E-state index is 13.9. The molecular formula is C45H54ClN13O4S2. The second-order valence-corrected chi connectivity index (χ2v) is 19.1. The van der Waals surface area contributed by atoms with Gasteiger partial charge in [-0.05, 0) is 73.2 Å². The maximum Gasteiger partial charge on any atom is 0.284 e.